The van der Waals surface area contributed by atoms with E-state index in [0.29, 0.717) is 29.1 Å². The van der Waals surface area contributed by atoms with Gasteiger partial charge in [-0.2, -0.15) is 0 Å². The number of aromatic hydroxyl groups is 3. The largest absolute Gasteiger partial charge is 0.508 e. The second kappa shape index (κ2) is 13.1. The van der Waals surface area contributed by atoms with Crippen LogP contribution in [-0.4, -0.2) is 15.3 Å². The molecule has 2 fully saturated rings. The number of hydrogen-bond donors (Lipinski definition) is 3. The number of hydrogen-bond acceptors (Lipinski definition) is 3. The fraction of sp³-hybridized carbons (Fsp3) is 0.514. The zero-order valence-electron chi connectivity index (χ0n) is 24.6. The summed E-state index contributed by atoms with van der Waals surface area (Å²) in [5, 5.41) is 33.9. The number of rotatable bonds is 9. The summed E-state index contributed by atoms with van der Waals surface area (Å²) < 4.78 is 0. The first-order valence-corrected chi connectivity index (χ1v) is 16.0. The fourth-order valence-corrected chi connectivity index (χ4v) is 7.56. The van der Waals surface area contributed by atoms with Crippen LogP contribution < -0.4 is 0 Å². The van der Waals surface area contributed by atoms with Gasteiger partial charge in [0.15, 0.2) is 0 Å². The lowest BCUT2D eigenvalue weighted by molar-refractivity contribution is 0.413. The molecule has 5 rings (SSSR count). The van der Waals surface area contributed by atoms with Crippen molar-refractivity contribution in [2.45, 2.75) is 121 Å². The number of benzene rings is 3. The Labute approximate surface area is 241 Å². The highest BCUT2D eigenvalue weighted by Gasteiger charge is 2.30. The first-order chi connectivity index (χ1) is 19.5. The average molecular weight is 541 g/mol. The van der Waals surface area contributed by atoms with Crippen LogP contribution in [0.4, 0.5) is 0 Å². The zero-order chi connectivity index (χ0) is 28.1. The van der Waals surface area contributed by atoms with E-state index in [9.17, 15) is 15.3 Å². The first-order valence-electron chi connectivity index (χ1n) is 16.0. The van der Waals surface area contributed by atoms with Gasteiger partial charge in [0.2, 0.25) is 0 Å². The Morgan fingerprint density at radius 3 is 1.45 bits per heavy atom. The van der Waals surface area contributed by atoms with Crippen molar-refractivity contribution in [2.75, 3.05) is 0 Å². The molecule has 2 saturated carbocycles. The molecular formula is C37H48O3. The lowest BCUT2D eigenvalue weighted by Crippen LogP contribution is -2.14. The van der Waals surface area contributed by atoms with Crippen molar-refractivity contribution < 1.29 is 15.3 Å². The van der Waals surface area contributed by atoms with Gasteiger partial charge in [-0.05, 0) is 102 Å². The van der Waals surface area contributed by atoms with Crippen LogP contribution in [-0.2, 0) is 12.8 Å². The van der Waals surface area contributed by atoms with Crippen molar-refractivity contribution >= 4 is 0 Å². The maximum atomic E-state index is 11.3. The normalized spacial score (nSPS) is 17.0. The number of phenols is 3. The summed E-state index contributed by atoms with van der Waals surface area (Å²) in [6, 6.07) is 16.4. The molecule has 2 aliphatic rings. The Morgan fingerprint density at radius 2 is 1.02 bits per heavy atom. The van der Waals surface area contributed by atoms with Crippen molar-refractivity contribution in [1.82, 2.24) is 0 Å². The molecule has 3 aromatic rings. The standard InChI is InChI=1S/C37H48O3/c1-3-13-27-21-35(39)30(25-15-7-5-8-16-25)23-32(27)37(29-19-11-12-20-34(29)38)33-24-31(26-17-9-6-10-18-26)36(40)22-28(33)14-4-2/h11-12,19-26,37-40H,3-10,13-18H2,1-2H3. The van der Waals surface area contributed by atoms with Crippen molar-refractivity contribution in [1.29, 1.82) is 0 Å². The number of para-hydroxylation sites is 1. The van der Waals surface area contributed by atoms with Gasteiger partial charge in [0.1, 0.15) is 17.2 Å². The highest BCUT2D eigenvalue weighted by atomic mass is 16.3. The van der Waals surface area contributed by atoms with E-state index in [1.807, 2.05) is 24.3 Å². The van der Waals surface area contributed by atoms with Crippen LogP contribution in [0.5, 0.6) is 17.2 Å². The molecule has 2 aliphatic carbocycles. The molecule has 40 heavy (non-hydrogen) atoms. The molecule has 0 aliphatic heterocycles. The summed E-state index contributed by atoms with van der Waals surface area (Å²) in [5.74, 6) is 1.74. The average Bonchev–Trinajstić information content (AvgIpc) is 2.97. The molecule has 3 N–H and O–H groups in total. The first kappa shape index (κ1) is 28.6. The highest BCUT2D eigenvalue weighted by Crippen LogP contribution is 2.47. The molecule has 3 heteroatoms. The third kappa shape index (κ3) is 6.04. The Bertz CT molecular complexity index is 1200. The van der Waals surface area contributed by atoms with Crippen LogP contribution in [0, 0.1) is 0 Å². The molecule has 0 aromatic heterocycles. The van der Waals surface area contributed by atoms with Gasteiger partial charge in [-0.25, -0.2) is 0 Å². The summed E-state index contributed by atoms with van der Waals surface area (Å²) in [6.07, 6.45) is 15.6. The van der Waals surface area contributed by atoms with E-state index >= 15 is 0 Å². The summed E-state index contributed by atoms with van der Waals surface area (Å²) in [5.41, 5.74) is 7.73. The summed E-state index contributed by atoms with van der Waals surface area (Å²) in [4.78, 5) is 0. The lowest BCUT2D eigenvalue weighted by atomic mass is 9.74. The fourth-order valence-electron chi connectivity index (χ4n) is 7.56. The predicted molar refractivity (Wildman–Crippen MR) is 165 cm³/mol. The minimum atomic E-state index is -0.171. The van der Waals surface area contributed by atoms with Crippen molar-refractivity contribution in [3.05, 3.63) is 87.5 Å². The Morgan fingerprint density at radius 1 is 0.575 bits per heavy atom. The van der Waals surface area contributed by atoms with E-state index < -0.39 is 0 Å². The van der Waals surface area contributed by atoms with Crippen LogP contribution in [0.2, 0.25) is 0 Å². The quantitative estimate of drug-likeness (QED) is 0.237. The molecule has 3 nitrogen and oxygen atoms in total. The molecule has 0 amide bonds. The summed E-state index contributed by atoms with van der Waals surface area (Å²) >= 11 is 0. The van der Waals surface area contributed by atoms with Gasteiger partial charge in [-0.15, -0.1) is 0 Å². The van der Waals surface area contributed by atoms with Crippen LogP contribution in [0.15, 0.2) is 48.5 Å². The Kier molecular flexibility index (Phi) is 9.40. The van der Waals surface area contributed by atoms with Crippen molar-refractivity contribution in [3.8, 4) is 17.2 Å². The van der Waals surface area contributed by atoms with E-state index in [-0.39, 0.29) is 5.92 Å². The Hall–Kier alpha value is -2.94. The third-order valence-corrected chi connectivity index (χ3v) is 9.58. The SMILES string of the molecule is CCCc1cc(O)c(C2CCCCC2)cc1C(c1ccccc1O)c1cc(C2CCCCC2)c(O)cc1CCC. The molecule has 0 heterocycles. The van der Waals surface area contributed by atoms with Gasteiger partial charge < -0.3 is 15.3 Å². The molecule has 0 atom stereocenters. The minimum absolute atomic E-state index is 0.171. The topological polar surface area (TPSA) is 60.7 Å². The summed E-state index contributed by atoms with van der Waals surface area (Å²) in [7, 11) is 0. The molecule has 0 spiro atoms. The second-order valence-corrected chi connectivity index (χ2v) is 12.4. The summed E-state index contributed by atoms with van der Waals surface area (Å²) in [6.45, 7) is 4.38. The van der Waals surface area contributed by atoms with Gasteiger partial charge in [-0.1, -0.05) is 95.5 Å². The number of aryl methyl sites for hydroxylation is 2. The third-order valence-electron chi connectivity index (χ3n) is 9.58. The van der Waals surface area contributed by atoms with Gasteiger partial charge >= 0.3 is 0 Å². The Balaban J connectivity index is 1.76. The van der Waals surface area contributed by atoms with Gasteiger partial charge in [0.25, 0.3) is 0 Å². The van der Waals surface area contributed by atoms with Crippen LogP contribution >= 0.6 is 0 Å². The van der Waals surface area contributed by atoms with Crippen LogP contribution in [0.1, 0.15) is 148 Å². The molecule has 0 saturated heterocycles. The monoisotopic (exact) mass is 540 g/mol. The predicted octanol–water partition coefficient (Wildman–Crippen LogP) is 9.98. The van der Waals surface area contributed by atoms with Crippen molar-refractivity contribution in [3.63, 3.8) is 0 Å². The molecule has 214 valence electrons. The highest BCUT2D eigenvalue weighted by molar-refractivity contribution is 5.58. The van der Waals surface area contributed by atoms with E-state index in [1.54, 1.807) is 6.07 Å². The maximum Gasteiger partial charge on any atom is 0.119 e. The van der Waals surface area contributed by atoms with E-state index in [2.05, 4.69) is 32.0 Å². The van der Waals surface area contributed by atoms with Gasteiger partial charge in [0.05, 0.1) is 0 Å². The van der Waals surface area contributed by atoms with E-state index in [4.69, 9.17) is 0 Å². The van der Waals surface area contributed by atoms with E-state index in [1.165, 1.54) is 49.7 Å². The smallest absolute Gasteiger partial charge is 0.119 e. The van der Waals surface area contributed by atoms with E-state index in [0.717, 1.165) is 79.2 Å². The lowest BCUT2D eigenvalue weighted by Gasteiger charge is -2.30. The zero-order valence-corrected chi connectivity index (χ0v) is 24.6. The van der Waals surface area contributed by atoms with Gasteiger partial charge in [0, 0.05) is 11.5 Å². The maximum absolute atomic E-state index is 11.3. The molecular weight excluding hydrogens is 492 g/mol. The van der Waals surface area contributed by atoms with Crippen LogP contribution in [0.25, 0.3) is 0 Å². The molecule has 0 unspecified atom stereocenters. The second-order valence-electron chi connectivity index (χ2n) is 12.4. The van der Waals surface area contributed by atoms with Gasteiger partial charge in [-0.3, -0.25) is 0 Å². The minimum Gasteiger partial charge on any atom is -0.508 e. The molecule has 0 radical (unpaired) electrons. The van der Waals surface area contributed by atoms with Crippen molar-refractivity contribution in [2.24, 2.45) is 0 Å². The molecule has 0 bridgehead atoms. The number of phenolic OH excluding ortho intramolecular Hbond substituents is 3. The van der Waals surface area contributed by atoms with Crippen LogP contribution in [0.3, 0.4) is 0 Å². The molecule has 3 aromatic carbocycles.